The first-order valence-electron chi connectivity index (χ1n) is 9.05. The molecule has 0 heterocycles. The summed E-state index contributed by atoms with van der Waals surface area (Å²) in [6, 6.07) is 13.8. The van der Waals surface area contributed by atoms with Crippen LogP contribution in [0.4, 0.5) is 0 Å². The van der Waals surface area contributed by atoms with E-state index in [0.29, 0.717) is 5.92 Å². The summed E-state index contributed by atoms with van der Waals surface area (Å²) in [6.45, 7) is 6.95. The molecule has 22 heavy (non-hydrogen) atoms. The molecule has 0 saturated carbocycles. The van der Waals surface area contributed by atoms with E-state index < -0.39 is 0 Å². The van der Waals surface area contributed by atoms with Gasteiger partial charge in [0.15, 0.2) is 0 Å². The molecular weight excluding hydrogens is 264 g/mol. The van der Waals surface area contributed by atoms with Crippen molar-refractivity contribution in [2.75, 3.05) is 0 Å². The molecule has 1 aliphatic carbocycles. The van der Waals surface area contributed by atoms with Crippen LogP contribution in [0.3, 0.4) is 0 Å². The highest BCUT2D eigenvalue weighted by molar-refractivity contribution is 5.99. The molecule has 1 atom stereocenters. The monoisotopic (exact) mass is 292 g/mol. The van der Waals surface area contributed by atoms with Crippen molar-refractivity contribution in [3.63, 3.8) is 0 Å². The molecule has 2 aromatic rings. The second kappa shape index (κ2) is 6.69. The van der Waals surface area contributed by atoms with Gasteiger partial charge in [0.25, 0.3) is 0 Å². The molecule has 2 aromatic carbocycles. The lowest BCUT2D eigenvalue weighted by atomic mass is 9.73. The Morgan fingerprint density at radius 1 is 0.818 bits per heavy atom. The highest BCUT2D eigenvalue weighted by atomic mass is 14.3. The molecule has 0 heteroatoms. The molecule has 1 aliphatic rings. The standard InChI is InChI=1S/C22H28/c1-4-9-17-18(10-5-2)20-14-7-12-16-13-8-15-21(22(16)20)19(17)11-6-3/h7-8,12-15,18H,4-6,9-11H2,1-3H3. The summed E-state index contributed by atoms with van der Waals surface area (Å²) in [6.07, 6.45) is 7.51. The Labute approximate surface area is 135 Å². The minimum atomic E-state index is 0.644. The number of benzene rings is 2. The molecule has 3 rings (SSSR count). The second-order valence-electron chi connectivity index (χ2n) is 6.60. The van der Waals surface area contributed by atoms with Crippen LogP contribution in [-0.2, 0) is 0 Å². The van der Waals surface area contributed by atoms with Gasteiger partial charge >= 0.3 is 0 Å². The Morgan fingerprint density at radius 2 is 1.55 bits per heavy atom. The maximum absolute atomic E-state index is 2.38. The minimum Gasteiger partial charge on any atom is -0.0653 e. The molecule has 1 unspecified atom stereocenters. The summed E-state index contributed by atoms with van der Waals surface area (Å²) < 4.78 is 0. The fraction of sp³-hybridized carbons (Fsp3) is 0.455. The maximum Gasteiger partial charge on any atom is 0.00604 e. The summed E-state index contributed by atoms with van der Waals surface area (Å²) in [5, 5.41) is 2.95. The number of hydrogen-bond acceptors (Lipinski definition) is 0. The van der Waals surface area contributed by atoms with Crippen LogP contribution >= 0.6 is 0 Å². The van der Waals surface area contributed by atoms with Crippen LogP contribution < -0.4 is 0 Å². The van der Waals surface area contributed by atoms with Crippen LogP contribution in [0.1, 0.15) is 76.3 Å². The molecule has 0 aliphatic heterocycles. The molecule has 0 nitrogen and oxygen atoms in total. The lowest BCUT2D eigenvalue weighted by Gasteiger charge is -2.31. The topological polar surface area (TPSA) is 0 Å². The van der Waals surface area contributed by atoms with E-state index in [1.54, 1.807) is 16.7 Å². The normalized spacial score (nSPS) is 17.3. The molecule has 0 amide bonds. The molecule has 116 valence electrons. The Morgan fingerprint density at radius 3 is 2.23 bits per heavy atom. The first-order chi connectivity index (χ1) is 10.8. The van der Waals surface area contributed by atoms with E-state index in [-0.39, 0.29) is 0 Å². The maximum atomic E-state index is 2.38. The number of allylic oxidation sites excluding steroid dienone is 2. The molecule has 0 spiro atoms. The van der Waals surface area contributed by atoms with E-state index in [0.717, 1.165) is 0 Å². The second-order valence-corrected chi connectivity index (χ2v) is 6.60. The number of hydrogen-bond donors (Lipinski definition) is 0. The zero-order valence-corrected chi connectivity index (χ0v) is 14.3. The van der Waals surface area contributed by atoms with Crippen molar-refractivity contribution in [2.24, 2.45) is 0 Å². The van der Waals surface area contributed by atoms with Crippen molar-refractivity contribution in [2.45, 2.75) is 65.2 Å². The van der Waals surface area contributed by atoms with Gasteiger partial charge in [0.05, 0.1) is 0 Å². The van der Waals surface area contributed by atoms with Crippen LogP contribution in [0.5, 0.6) is 0 Å². The van der Waals surface area contributed by atoms with Gasteiger partial charge < -0.3 is 0 Å². The molecule has 0 aromatic heterocycles. The van der Waals surface area contributed by atoms with Gasteiger partial charge in [-0.3, -0.25) is 0 Å². The number of rotatable bonds is 6. The zero-order chi connectivity index (χ0) is 15.5. The highest BCUT2D eigenvalue weighted by Crippen LogP contribution is 2.47. The predicted octanol–water partition coefficient (Wildman–Crippen LogP) is 7.09. The molecule has 0 bridgehead atoms. The fourth-order valence-corrected chi connectivity index (χ4v) is 4.24. The Balaban J connectivity index is 2.29. The first-order valence-corrected chi connectivity index (χ1v) is 9.05. The summed E-state index contributed by atoms with van der Waals surface area (Å²) in [4.78, 5) is 0. The van der Waals surface area contributed by atoms with E-state index in [2.05, 4.69) is 57.2 Å². The predicted molar refractivity (Wildman–Crippen MR) is 98.3 cm³/mol. The van der Waals surface area contributed by atoms with Gasteiger partial charge in [0, 0.05) is 5.92 Å². The average molecular weight is 292 g/mol. The lowest BCUT2D eigenvalue weighted by molar-refractivity contribution is 0.652. The van der Waals surface area contributed by atoms with Crippen molar-refractivity contribution in [3.8, 4) is 0 Å². The average Bonchev–Trinajstić information content (AvgIpc) is 2.54. The SMILES string of the molecule is CCCC1=C(CCC)C(CCC)c2cccc3cccc1c23. The lowest BCUT2D eigenvalue weighted by Crippen LogP contribution is -2.12. The molecule has 0 saturated heterocycles. The van der Waals surface area contributed by atoms with Crippen molar-refractivity contribution in [1.82, 2.24) is 0 Å². The Hall–Kier alpha value is -1.56. The summed E-state index contributed by atoms with van der Waals surface area (Å²) >= 11 is 0. The summed E-state index contributed by atoms with van der Waals surface area (Å²) in [7, 11) is 0. The Kier molecular flexibility index (Phi) is 4.66. The van der Waals surface area contributed by atoms with Crippen LogP contribution in [0.15, 0.2) is 42.0 Å². The molecule has 0 radical (unpaired) electrons. The van der Waals surface area contributed by atoms with Crippen LogP contribution in [0.25, 0.3) is 16.3 Å². The third-order valence-electron chi connectivity index (χ3n) is 5.04. The fourth-order valence-electron chi connectivity index (χ4n) is 4.24. The van der Waals surface area contributed by atoms with Gasteiger partial charge in [-0.1, -0.05) is 82.0 Å². The zero-order valence-electron chi connectivity index (χ0n) is 14.3. The Bertz CT molecular complexity index is 685. The molecular formula is C22H28. The molecule has 0 N–H and O–H groups in total. The highest BCUT2D eigenvalue weighted by Gasteiger charge is 2.27. The quantitative estimate of drug-likeness (QED) is 0.533. The smallest absolute Gasteiger partial charge is 0.00604 e. The van der Waals surface area contributed by atoms with Crippen molar-refractivity contribution < 1.29 is 0 Å². The van der Waals surface area contributed by atoms with Crippen molar-refractivity contribution in [1.29, 1.82) is 0 Å². The van der Waals surface area contributed by atoms with E-state index in [1.165, 1.54) is 54.9 Å². The van der Waals surface area contributed by atoms with Crippen LogP contribution in [0, 0.1) is 0 Å². The van der Waals surface area contributed by atoms with Gasteiger partial charge in [0.1, 0.15) is 0 Å². The van der Waals surface area contributed by atoms with E-state index in [1.807, 2.05) is 0 Å². The van der Waals surface area contributed by atoms with Crippen molar-refractivity contribution >= 4 is 16.3 Å². The van der Waals surface area contributed by atoms with Gasteiger partial charge in [-0.2, -0.15) is 0 Å². The largest absolute Gasteiger partial charge is 0.0653 e. The van der Waals surface area contributed by atoms with Crippen LogP contribution in [-0.4, -0.2) is 0 Å². The first kappa shape index (κ1) is 15.3. The third-order valence-corrected chi connectivity index (χ3v) is 5.04. The van der Waals surface area contributed by atoms with Crippen molar-refractivity contribution in [3.05, 3.63) is 53.1 Å². The minimum absolute atomic E-state index is 0.644. The van der Waals surface area contributed by atoms with E-state index >= 15 is 0 Å². The summed E-state index contributed by atoms with van der Waals surface area (Å²) in [5.74, 6) is 0.644. The molecule has 0 fully saturated rings. The van der Waals surface area contributed by atoms with Gasteiger partial charge in [-0.25, -0.2) is 0 Å². The van der Waals surface area contributed by atoms with E-state index in [9.17, 15) is 0 Å². The van der Waals surface area contributed by atoms with Gasteiger partial charge in [-0.15, -0.1) is 0 Å². The summed E-state index contributed by atoms with van der Waals surface area (Å²) in [5.41, 5.74) is 6.49. The third kappa shape index (κ3) is 2.49. The van der Waals surface area contributed by atoms with Gasteiger partial charge in [-0.05, 0) is 46.7 Å². The van der Waals surface area contributed by atoms with Gasteiger partial charge in [0.2, 0.25) is 0 Å². The van der Waals surface area contributed by atoms with E-state index in [4.69, 9.17) is 0 Å². The van der Waals surface area contributed by atoms with Crippen LogP contribution in [0.2, 0.25) is 0 Å².